The number of likely N-dealkylation sites (N-methyl/N-ethyl adjacent to an activating group) is 1. The molecular formula is C13H18N2O. The smallest absolute Gasteiger partial charge is 0.142 e. The van der Waals surface area contributed by atoms with Crippen LogP contribution in [-0.4, -0.2) is 44.2 Å². The minimum atomic E-state index is 0.613. The molecule has 0 N–H and O–H groups in total. The molecule has 1 aromatic carbocycles. The van der Waals surface area contributed by atoms with Gasteiger partial charge >= 0.3 is 0 Å². The van der Waals surface area contributed by atoms with Crippen molar-refractivity contribution < 1.29 is 4.74 Å². The van der Waals surface area contributed by atoms with Gasteiger partial charge in [-0.2, -0.15) is 0 Å². The second-order valence-corrected chi connectivity index (χ2v) is 4.71. The van der Waals surface area contributed by atoms with E-state index in [-0.39, 0.29) is 0 Å². The highest BCUT2D eigenvalue weighted by molar-refractivity contribution is 5.60. The monoisotopic (exact) mass is 218 g/mol. The molecule has 3 heteroatoms. The van der Waals surface area contributed by atoms with Gasteiger partial charge in [0.25, 0.3) is 0 Å². The highest BCUT2D eigenvalue weighted by atomic mass is 16.5. The molecule has 0 radical (unpaired) electrons. The Bertz CT molecular complexity index is 380. The van der Waals surface area contributed by atoms with Gasteiger partial charge in [-0.05, 0) is 19.2 Å². The predicted molar refractivity (Wildman–Crippen MR) is 65.2 cm³/mol. The Labute approximate surface area is 96.6 Å². The van der Waals surface area contributed by atoms with Gasteiger partial charge in [0, 0.05) is 32.1 Å². The predicted octanol–water partition coefficient (Wildman–Crippen LogP) is 1.59. The van der Waals surface area contributed by atoms with Gasteiger partial charge in [0.05, 0.1) is 12.3 Å². The normalized spacial score (nSPS) is 25.3. The van der Waals surface area contributed by atoms with Gasteiger partial charge in [0.15, 0.2) is 0 Å². The van der Waals surface area contributed by atoms with Crippen LogP contribution in [-0.2, 0) is 0 Å². The molecule has 2 aliphatic rings. The summed E-state index contributed by atoms with van der Waals surface area (Å²) in [6.07, 6.45) is 1.12. The maximum atomic E-state index is 5.82. The van der Waals surface area contributed by atoms with Crippen LogP contribution in [0.4, 0.5) is 5.69 Å². The lowest BCUT2D eigenvalue weighted by Gasteiger charge is -2.40. The summed E-state index contributed by atoms with van der Waals surface area (Å²) in [6, 6.07) is 9.02. The third-order valence-electron chi connectivity index (χ3n) is 3.57. The number of hydrogen-bond donors (Lipinski definition) is 0. The minimum absolute atomic E-state index is 0.613. The van der Waals surface area contributed by atoms with Crippen molar-refractivity contribution in [2.45, 2.75) is 12.5 Å². The average molecular weight is 218 g/mol. The lowest BCUT2D eigenvalue weighted by Crippen LogP contribution is -2.51. The molecule has 0 saturated carbocycles. The maximum absolute atomic E-state index is 5.82. The molecule has 1 fully saturated rings. The average Bonchev–Trinajstić information content (AvgIpc) is 2.47. The van der Waals surface area contributed by atoms with Crippen molar-refractivity contribution in [2.75, 3.05) is 38.2 Å². The summed E-state index contributed by atoms with van der Waals surface area (Å²) in [4.78, 5) is 4.93. The number of rotatable bonds is 0. The molecule has 16 heavy (non-hydrogen) atoms. The summed E-state index contributed by atoms with van der Waals surface area (Å²) in [5.41, 5.74) is 1.28. The van der Waals surface area contributed by atoms with Gasteiger partial charge in [0.2, 0.25) is 0 Å². The van der Waals surface area contributed by atoms with Crippen LogP contribution in [0.15, 0.2) is 24.3 Å². The van der Waals surface area contributed by atoms with Crippen molar-refractivity contribution in [2.24, 2.45) is 0 Å². The molecule has 3 rings (SSSR count). The Hall–Kier alpha value is -1.22. The Morgan fingerprint density at radius 2 is 2.12 bits per heavy atom. The van der Waals surface area contributed by atoms with E-state index in [1.54, 1.807) is 0 Å². The van der Waals surface area contributed by atoms with Crippen LogP contribution in [0.2, 0.25) is 0 Å². The molecule has 1 atom stereocenters. The molecule has 0 bridgehead atoms. The van der Waals surface area contributed by atoms with Crippen molar-refractivity contribution in [1.82, 2.24) is 4.90 Å². The van der Waals surface area contributed by atoms with Gasteiger partial charge in [-0.15, -0.1) is 0 Å². The SMILES string of the molecule is CN1CCN2c3ccccc3OCC[C@H]2C1. The van der Waals surface area contributed by atoms with Crippen LogP contribution in [0.5, 0.6) is 5.75 Å². The van der Waals surface area contributed by atoms with Crippen molar-refractivity contribution in [1.29, 1.82) is 0 Å². The largest absolute Gasteiger partial charge is 0.491 e. The number of nitrogens with zero attached hydrogens (tertiary/aromatic N) is 2. The summed E-state index contributed by atoms with van der Waals surface area (Å²) in [5.74, 6) is 1.05. The molecule has 0 spiro atoms. The van der Waals surface area contributed by atoms with E-state index in [1.807, 2.05) is 0 Å². The first-order valence-corrected chi connectivity index (χ1v) is 6.01. The first kappa shape index (κ1) is 9.97. The van der Waals surface area contributed by atoms with Crippen molar-refractivity contribution in [3.63, 3.8) is 0 Å². The number of anilines is 1. The maximum Gasteiger partial charge on any atom is 0.142 e. The number of ether oxygens (including phenoxy) is 1. The molecule has 2 aliphatic heterocycles. The van der Waals surface area contributed by atoms with E-state index in [1.165, 1.54) is 5.69 Å². The molecule has 0 aliphatic carbocycles. The van der Waals surface area contributed by atoms with Gasteiger partial charge in [-0.25, -0.2) is 0 Å². The summed E-state index contributed by atoms with van der Waals surface area (Å²) >= 11 is 0. The van der Waals surface area contributed by atoms with Crippen LogP contribution >= 0.6 is 0 Å². The Morgan fingerprint density at radius 3 is 3.06 bits per heavy atom. The molecule has 3 nitrogen and oxygen atoms in total. The van der Waals surface area contributed by atoms with Crippen molar-refractivity contribution in [3.8, 4) is 5.75 Å². The van der Waals surface area contributed by atoms with Gasteiger partial charge < -0.3 is 14.5 Å². The molecule has 0 aromatic heterocycles. The quantitative estimate of drug-likeness (QED) is 0.657. The van der Waals surface area contributed by atoms with E-state index >= 15 is 0 Å². The molecule has 0 unspecified atom stereocenters. The highest BCUT2D eigenvalue weighted by Gasteiger charge is 2.29. The topological polar surface area (TPSA) is 15.7 Å². The summed E-state index contributed by atoms with van der Waals surface area (Å²) in [6.45, 7) is 4.25. The van der Waals surface area contributed by atoms with Gasteiger partial charge in [-0.1, -0.05) is 12.1 Å². The fraction of sp³-hybridized carbons (Fsp3) is 0.538. The molecule has 2 heterocycles. The summed E-state index contributed by atoms with van der Waals surface area (Å²) in [7, 11) is 2.20. The first-order valence-electron chi connectivity index (χ1n) is 6.01. The molecular weight excluding hydrogens is 200 g/mol. The van der Waals surface area contributed by atoms with E-state index < -0.39 is 0 Å². The van der Waals surface area contributed by atoms with E-state index in [2.05, 4.69) is 41.1 Å². The fourth-order valence-electron chi connectivity index (χ4n) is 2.70. The lowest BCUT2D eigenvalue weighted by atomic mass is 10.1. The van der Waals surface area contributed by atoms with Crippen LogP contribution in [0, 0.1) is 0 Å². The second kappa shape index (κ2) is 3.98. The Kier molecular flexibility index (Phi) is 2.48. The molecule has 1 aromatic rings. The van der Waals surface area contributed by atoms with Crippen LogP contribution in [0.1, 0.15) is 6.42 Å². The van der Waals surface area contributed by atoms with E-state index in [0.717, 1.165) is 38.4 Å². The lowest BCUT2D eigenvalue weighted by molar-refractivity contribution is 0.242. The molecule has 0 amide bonds. The second-order valence-electron chi connectivity index (χ2n) is 4.71. The highest BCUT2D eigenvalue weighted by Crippen LogP contribution is 2.33. The van der Waals surface area contributed by atoms with Gasteiger partial charge in [0.1, 0.15) is 5.75 Å². The molecule has 86 valence electrons. The zero-order chi connectivity index (χ0) is 11.0. The third kappa shape index (κ3) is 1.65. The number of hydrogen-bond acceptors (Lipinski definition) is 3. The van der Waals surface area contributed by atoms with E-state index in [9.17, 15) is 0 Å². The van der Waals surface area contributed by atoms with Crippen LogP contribution in [0.25, 0.3) is 0 Å². The van der Waals surface area contributed by atoms with Crippen molar-refractivity contribution in [3.05, 3.63) is 24.3 Å². The van der Waals surface area contributed by atoms with E-state index in [4.69, 9.17) is 4.74 Å². The van der Waals surface area contributed by atoms with E-state index in [0.29, 0.717) is 6.04 Å². The van der Waals surface area contributed by atoms with Crippen LogP contribution in [0.3, 0.4) is 0 Å². The zero-order valence-electron chi connectivity index (χ0n) is 9.72. The fourth-order valence-corrected chi connectivity index (χ4v) is 2.70. The van der Waals surface area contributed by atoms with Gasteiger partial charge in [-0.3, -0.25) is 0 Å². The first-order chi connectivity index (χ1) is 7.84. The number of benzene rings is 1. The summed E-state index contributed by atoms with van der Waals surface area (Å²) in [5, 5.41) is 0. The third-order valence-corrected chi connectivity index (χ3v) is 3.57. The number of piperazine rings is 1. The zero-order valence-corrected chi connectivity index (χ0v) is 9.72. The Morgan fingerprint density at radius 1 is 1.25 bits per heavy atom. The minimum Gasteiger partial charge on any atom is -0.491 e. The summed E-state index contributed by atoms with van der Waals surface area (Å²) < 4.78 is 5.82. The number of fused-ring (bicyclic) bond motifs is 3. The molecule has 1 saturated heterocycles. The number of para-hydroxylation sites is 2. The standard InChI is InChI=1S/C13H18N2O/c1-14-7-8-15-11(10-14)6-9-16-13-5-3-2-4-12(13)15/h2-5,11H,6-10H2,1H3/t11-/m0/s1. The van der Waals surface area contributed by atoms with Crippen molar-refractivity contribution >= 4 is 5.69 Å². The van der Waals surface area contributed by atoms with Crippen LogP contribution < -0.4 is 9.64 Å². The Balaban J connectivity index is 1.95.